The largest absolute Gasteiger partial charge is 0.465 e. The number of piperidine rings is 1. The van der Waals surface area contributed by atoms with E-state index in [2.05, 4.69) is 14.9 Å². The first-order chi connectivity index (χ1) is 25.0. The summed E-state index contributed by atoms with van der Waals surface area (Å²) in [5.74, 6) is -2.44. The van der Waals surface area contributed by atoms with Crippen molar-refractivity contribution in [3.05, 3.63) is 35.5 Å². The van der Waals surface area contributed by atoms with Crippen LogP contribution in [-0.2, 0) is 29.2 Å². The van der Waals surface area contributed by atoms with Crippen molar-refractivity contribution in [2.24, 2.45) is 17.8 Å². The zero-order chi connectivity index (χ0) is 36.6. The highest BCUT2D eigenvalue weighted by molar-refractivity contribution is 7.91. The van der Waals surface area contributed by atoms with Crippen LogP contribution < -0.4 is 10.0 Å². The minimum Gasteiger partial charge on any atom is -0.465 e. The third-order valence-corrected chi connectivity index (χ3v) is 14.2. The van der Waals surface area contributed by atoms with Crippen molar-refractivity contribution in [1.82, 2.24) is 24.7 Å². The van der Waals surface area contributed by atoms with E-state index in [-0.39, 0.29) is 48.8 Å². The van der Waals surface area contributed by atoms with Crippen LogP contribution in [0.25, 0.3) is 0 Å². The fourth-order valence-electron chi connectivity index (χ4n) is 9.22. The Balaban J connectivity index is 1.12. The van der Waals surface area contributed by atoms with Crippen LogP contribution in [-0.4, -0.2) is 113 Å². The summed E-state index contributed by atoms with van der Waals surface area (Å²) in [5, 5.41) is 12.8. The molecule has 0 aromatic carbocycles. The molecule has 2 unspecified atom stereocenters. The van der Waals surface area contributed by atoms with Gasteiger partial charge in [0.1, 0.15) is 5.54 Å². The molecule has 284 valence electrons. The van der Waals surface area contributed by atoms with Crippen LogP contribution in [0.2, 0.25) is 0 Å². The summed E-state index contributed by atoms with van der Waals surface area (Å²) in [6, 6.07) is -1.31. The van der Waals surface area contributed by atoms with Crippen LogP contribution in [0, 0.1) is 17.8 Å². The van der Waals surface area contributed by atoms with Crippen LogP contribution in [0.3, 0.4) is 0 Å². The minimum absolute atomic E-state index is 0.0254. The van der Waals surface area contributed by atoms with Crippen molar-refractivity contribution >= 4 is 39.6 Å². The molecule has 4 amide bonds. The zero-order valence-corrected chi connectivity index (χ0v) is 30.8. The minimum atomic E-state index is -3.82. The second-order valence-electron chi connectivity index (χ2n) is 16.0. The molecule has 0 bridgehead atoms. The lowest BCUT2D eigenvalue weighted by molar-refractivity contribution is -0.135. The van der Waals surface area contributed by atoms with Crippen LogP contribution in [0.4, 0.5) is 4.79 Å². The molecular formula is C38H53N5O8S. The summed E-state index contributed by atoms with van der Waals surface area (Å²) >= 11 is 0. The first-order valence-corrected chi connectivity index (χ1v) is 21.0. The smallest absolute Gasteiger partial charge is 0.407 e. The summed E-state index contributed by atoms with van der Waals surface area (Å²) in [6.45, 7) is 2.62. The highest BCUT2D eigenvalue weighted by Crippen LogP contribution is 2.47. The van der Waals surface area contributed by atoms with Gasteiger partial charge in [-0.05, 0) is 88.7 Å². The fourth-order valence-corrected chi connectivity index (χ4v) is 10.6. The van der Waals surface area contributed by atoms with Crippen LogP contribution in [0.15, 0.2) is 35.5 Å². The Morgan fingerprint density at radius 1 is 0.942 bits per heavy atom. The van der Waals surface area contributed by atoms with Crippen molar-refractivity contribution in [2.75, 3.05) is 32.7 Å². The third-order valence-electron chi connectivity index (χ3n) is 12.4. The van der Waals surface area contributed by atoms with Crippen LogP contribution >= 0.6 is 0 Å². The van der Waals surface area contributed by atoms with Gasteiger partial charge in [-0.1, -0.05) is 43.6 Å². The molecular weight excluding hydrogens is 687 g/mol. The van der Waals surface area contributed by atoms with Gasteiger partial charge in [0.2, 0.25) is 21.8 Å². The SMILES string of the molecule is O=C1C2=C(C=C[C@H]1CC(=O)N1CCCCC1)C([C@@H]1C[C@H]3C(=O)N[C@]4(C(=O)NS(=O)(=O)C5CC5)CC4/C=C\CCCCCCCN3C1)N(C(=O)O)CC2. The number of carbonyl (C=O) groups is 5. The zero-order valence-electron chi connectivity index (χ0n) is 30.0. The second-order valence-corrected chi connectivity index (χ2v) is 18.0. The standard InChI is InChI=1S/C38H53N5O8S/c44-32(41-17-9-6-10-18-41)22-25-12-15-29-30(34(25)45)16-20-43(37(48)49)33(29)26-21-31-35(46)39-38(36(47)40-52(50,51)28-13-14-28)23-27(38)11-7-4-2-1-3-5-8-19-42(31)24-26/h7,11-12,15,25-28,31,33H,1-6,8-10,13-14,16-24H2,(H,39,46)(H,40,47)(H,48,49)/b11-7-/t25-,26+,27?,31-,33?,38+/m0/s1. The molecule has 0 spiro atoms. The number of carboxylic acid groups (broad SMARTS) is 1. The van der Waals surface area contributed by atoms with Gasteiger partial charge in [0.05, 0.1) is 17.3 Å². The quantitative estimate of drug-likeness (QED) is 0.346. The number of ketones is 1. The van der Waals surface area contributed by atoms with Gasteiger partial charge in [0.15, 0.2) is 5.78 Å². The molecule has 6 atom stereocenters. The maximum absolute atomic E-state index is 14.3. The van der Waals surface area contributed by atoms with Crippen LogP contribution in [0.5, 0.6) is 0 Å². The molecule has 0 aromatic rings. The number of sulfonamides is 1. The van der Waals surface area contributed by atoms with E-state index in [4.69, 9.17) is 0 Å². The normalized spacial score (nSPS) is 33.9. The van der Waals surface area contributed by atoms with E-state index in [9.17, 15) is 37.5 Å². The van der Waals surface area contributed by atoms with Crippen molar-refractivity contribution in [3.63, 3.8) is 0 Å². The van der Waals surface area contributed by atoms with Gasteiger partial charge in [-0.3, -0.25) is 28.8 Å². The molecule has 4 aliphatic heterocycles. The number of nitrogens with one attached hydrogen (secondary N) is 2. The summed E-state index contributed by atoms with van der Waals surface area (Å²) in [6.07, 6.45) is 17.3. The van der Waals surface area contributed by atoms with Crippen molar-refractivity contribution in [2.45, 2.75) is 119 Å². The average Bonchev–Trinajstić information content (AvgIpc) is 4.05. The van der Waals surface area contributed by atoms with Gasteiger partial charge in [-0.2, -0.15) is 0 Å². The predicted molar refractivity (Wildman–Crippen MR) is 192 cm³/mol. The van der Waals surface area contributed by atoms with Crippen molar-refractivity contribution < 1.29 is 37.5 Å². The van der Waals surface area contributed by atoms with Gasteiger partial charge in [-0.15, -0.1) is 0 Å². The molecule has 3 aliphatic carbocycles. The number of hydrogen-bond donors (Lipinski definition) is 3. The highest BCUT2D eigenvalue weighted by Gasteiger charge is 2.62. The summed E-state index contributed by atoms with van der Waals surface area (Å²) in [5.41, 5.74) is -0.135. The summed E-state index contributed by atoms with van der Waals surface area (Å²) in [7, 11) is -3.82. The Bertz CT molecular complexity index is 1660. The van der Waals surface area contributed by atoms with Gasteiger partial charge < -0.3 is 20.2 Å². The number of carbonyl (C=O) groups excluding carboxylic acids is 4. The number of fused-ring (bicyclic) bond motifs is 2. The maximum atomic E-state index is 14.3. The Morgan fingerprint density at radius 3 is 2.40 bits per heavy atom. The average molecular weight is 740 g/mol. The molecule has 4 heterocycles. The van der Waals surface area contributed by atoms with E-state index in [0.29, 0.717) is 63.0 Å². The first kappa shape index (κ1) is 36.8. The molecule has 0 aromatic heterocycles. The second kappa shape index (κ2) is 15.1. The Labute approximate surface area is 306 Å². The molecule has 13 nitrogen and oxygen atoms in total. The number of hydrogen-bond acceptors (Lipinski definition) is 8. The van der Waals surface area contributed by atoms with Crippen LogP contribution in [0.1, 0.15) is 96.3 Å². The molecule has 2 saturated carbocycles. The van der Waals surface area contributed by atoms with Gasteiger partial charge >= 0.3 is 6.09 Å². The van der Waals surface area contributed by atoms with E-state index in [1.807, 2.05) is 23.1 Å². The Kier molecular flexibility index (Phi) is 10.7. The molecule has 7 aliphatic rings. The lowest BCUT2D eigenvalue weighted by atomic mass is 9.76. The van der Waals surface area contributed by atoms with Gasteiger partial charge in [0.25, 0.3) is 5.91 Å². The van der Waals surface area contributed by atoms with E-state index in [1.54, 1.807) is 6.08 Å². The summed E-state index contributed by atoms with van der Waals surface area (Å²) in [4.78, 5) is 73.0. The number of rotatable bonds is 6. The molecule has 4 fully saturated rings. The molecule has 0 radical (unpaired) electrons. The fraction of sp³-hybridized carbons (Fsp3) is 0.711. The van der Waals surface area contributed by atoms with E-state index in [0.717, 1.165) is 57.8 Å². The third kappa shape index (κ3) is 7.60. The van der Waals surface area contributed by atoms with E-state index >= 15 is 0 Å². The van der Waals surface area contributed by atoms with Crippen molar-refractivity contribution in [1.29, 1.82) is 0 Å². The first-order valence-electron chi connectivity index (χ1n) is 19.5. The molecule has 2 saturated heterocycles. The Morgan fingerprint density at radius 2 is 1.65 bits per heavy atom. The summed E-state index contributed by atoms with van der Waals surface area (Å²) < 4.78 is 27.8. The number of Topliss-reactive ketones (excluding diaryl/α,β-unsaturated/α-hetero) is 1. The topological polar surface area (TPSA) is 174 Å². The lowest BCUT2D eigenvalue weighted by Gasteiger charge is -2.41. The maximum Gasteiger partial charge on any atom is 0.407 e. The van der Waals surface area contributed by atoms with Gasteiger partial charge in [0, 0.05) is 50.0 Å². The van der Waals surface area contributed by atoms with E-state index < -0.39 is 50.8 Å². The van der Waals surface area contributed by atoms with Gasteiger partial charge in [-0.25, -0.2) is 13.2 Å². The van der Waals surface area contributed by atoms with Crippen molar-refractivity contribution in [3.8, 4) is 0 Å². The lowest BCUT2D eigenvalue weighted by Crippen LogP contribution is -2.56. The molecule has 7 rings (SSSR count). The number of amides is 4. The van der Waals surface area contributed by atoms with E-state index in [1.165, 1.54) is 4.90 Å². The molecule has 3 N–H and O–H groups in total. The number of nitrogens with zero attached hydrogens (tertiary/aromatic N) is 3. The predicted octanol–water partition coefficient (Wildman–Crippen LogP) is 3.28. The number of allylic oxidation sites excluding steroid dienone is 2. The monoisotopic (exact) mass is 739 g/mol. The Hall–Kier alpha value is -3.52. The highest BCUT2D eigenvalue weighted by atomic mass is 32.2. The number of likely N-dealkylation sites (tertiary alicyclic amines) is 1. The molecule has 14 heteroatoms. The molecule has 52 heavy (non-hydrogen) atoms.